The molecule has 4 rings (SSSR count). The molecule has 7 nitrogen and oxygen atoms in total. The van der Waals surface area contributed by atoms with Crippen molar-refractivity contribution >= 4 is 39.1 Å². The predicted molar refractivity (Wildman–Crippen MR) is 131 cm³/mol. The number of fused-ring (bicyclic) bond motifs is 1. The number of carbonyl (C=O) groups excluding carboxylic acids is 2. The first kappa shape index (κ1) is 22.4. The molecule has 0 radical (unpaired) electrons. The number of aryl methyl sites for hydroxylation is 2. The molecule has 2 heterocycles. The summed E-state index contributed by atoms with van der Waals surface area (Å²) in [4.78, 5) is 45.6. The van der Waals surface area contributed by atoms with Crippen LogP contribution in [0.5, 0.6) is 0 Å². The van der Waals surface area contributed by atoms with Gasteiger partial charge in [0.25, 0.3) is 11.5 Å². The molecule has 0 saturated heterocycles. The molecule has 0 saturated carbocycles. The van der Waals surface area contributed by atoms with Crippen LogP contribution in [0.4, 0.5) is 5.69 Å². The van der Waals surface area contributed by atoms with E-state index in [-0.39, 0.29) is 23.9 Å². The summed E-state index contributed by atoms with van der Waals surface area (Å²) in [7, 11) is 1.70. The molecule has 0 aliphatic carbocycles. The van der Waals surface area contributed by atoms with Gasteiger partial charge in [-0.3, -0.25) is 19.0 Å². The monoisotopic (exact) mass is 460 g/mol. The molecule has 0 aliphatic heterocycles. The zero-order valence-corrected chi connectivity index (χ0v) is 19.5. The number of carbonyl (C=O) groups is 2. The summed E-state index contributed by atoms with van der Waals surface area (Å²) in [5.74, 6) is -0.484. The standard InChI is InChI=1S/C25H24N4O3S/c1-16-9-7-8-12-19(16)27-23(31)22-17(2)21-24(33-22)26-15-29(25(21)32)14-20(30)28(3)13-18-10-5-4-6-11-18/h4-12,15H,13-14H2,1-3H3,(H,27,31). The van der Waals surface area contributed by atoms with Crippen molar-refractivity contribution in [1.82, 2.24) is 14.5 Å². The largest absolute Gasteiger partial charge is 0.340 e. The first-order chi connectivity index (χ1) is 15.8. The van der Waals surface area contributed by atoms with Crippen LogP contribution in [0, 0.1) is 13.8 Å². The van der Waals surface area contributed by atoms with Gasteiger partial charge in [0.15, 0.2) is 0 Å². The second kappa shape index (κ2) is 9.38. The van der Waals surface area contributed by atoms with Gasteiger partial charge in [-0.25, -0.2) is 4.98 Å². The average molecular weight is 461 g/mol. The van der Waals surface area contributed by atoms with Gasteiger partial charge in [-0.05, 0) is 36.6 Å². The zero-order valence-electron chi connectivity index (χ0n) is 18.7. The van der Waals surface area contributed by atoms with Crippen molar-refractivity contribution < 1.29 is 9.59 Å². The van der Waals surface area contributed by atoms with Gasteiger partial charge in [0.1, 0.15) is 11.4 Å². The fourth-order valence-electron chi connectivity index (χ4n) is 3.59. The number of aromatic nitrogens is 2. The Balaban J connectivity index is 1.57. The minimum absolute atomic E-state index is 0.120. The van der Waals surface area contributed by atoms with E-state index in [1.165, 1.54) is 22.2 Å². The van der Waals surface area contributed by atoms with Crippen LogP contribution in [-0.2, 0) is 17.9 Å². The average Bonchev–Trinajstić information content (AvgIpc) is 3.15. The summed E-state index contributed by atoms with van der Waals surface area (Å²) in [6, 6.07) is 17.2. The Morgan fingerprint density at radius 2 is 1.76 bits per heavy atom. The molecular weight excluding hydrogens is 436 g/mol. The highest BCUT2D eigenvalue weighted by atomic mass is 32.1. The molecule has 2 aromatic carbocycles. The first-order valence-corrected chi connectivity index (χ1v) is 11.3. The summed E-state index contributed by atoms with van der Waals surface area (Å²) in [5, 5.41) is 3.28. The molecule has 168 valence electrons. The number of hydrogen-bond donors (Lipinski definition) is 1. The van der Waals surface area contributed by atoms with Crippen molar-refractivity contribution in [3.63, 3.8) is 0 Å². The van der Waals surface area contributed by atoms with Gasteiger partial charge in [-0.15, -0.1) is 11.3 Å². The number of hydrogen-bond acceptors (Lipinski definition) is 5. The molecule has 0 unspecified atom stereocenters. The van der Waals surface area contributed by atoms with Gasteiger partial charge < -0.3 is 10.2 Å². The Morgan fingerprint density at radius 3 is 2.48 bits per heavy atom. The number of nitrogens with one attached hydrogen (secondary N) is 1. The number of rotatable bonds is 6. The second-order valence-electron chi connectivity index (χ2n) is 7.92. The maximum atomic E-state index is 13.1. The highest BCUT2D eigenvalue weighted by Gasteiger charge is 2.21. The molecule has 1 N–H and O–H groups in total. The summed E-state index contributed by atoms with van der Waals surface area (Å²) >= 11 is 1.18. The van der Waals surface area contributed by atoms with Crippen LogP contribution in [0.3, 0.4) is 0 Å². The van der Waals surface area contributed by atoms with Crippen molar-refractivity contribution in [3.8, 4) is 0 Å². The third-order valence-electron chi connectivity index (χ3n) is 5.51. The Bertz CT molecular complexity index is 1390. The molecule has 0 aliphatic rings. The fraction of sp³-hybridized carbons (Fsp3) is 0.200. The van der Waals surface area contributed by atoms with Crippen LogP contribution >= 0.6 is 11.3 Å². The van der Waals surface area contributed by atoms with Crippen molar-refractivity contribution in [1.29, 1.82) is 0 Å². The lowest BCUT2D eigenvalue weighted by atomic mass is 10.2. The van der Waals surface area contributed by atoms with E-state index in [2.05, 4.69) is 10.3 Å². The molecule has 0 atom stereocenters. The van der Waals surface area contributed by atoms with Crippen LogP contribution in [-0.4, -0.2) is 33.3 Å². The minimum Gasteiger partial charge on any atom is -0.340 e. The fourth-order valence-corrected chi connectivity index (χ4v) is 4.63. The zero-order chi connectivity index (χ0) is 23.5. The van der Waals surface area contributed by atoms with Crippen LogP contribution < -0.4 is 10.9 Å². The van der Waals surface area contributed by atoms with E-state index in [1.54, 1.807) is 18.9 Å². The number of amides is 2. The second-order valence-corrected chi connectivity index (χ2v) is 8.92. The summed E-state index contributed by atoms with van der Waals surface area (Å²) in [6.07, 6.45) is 1.37. The van der Waals surface area contributed by atoms with Gasteiger partial charge in [-0.1, -0.05) is 48.5 Å². The smallest absolute Gasteiger partial charge is 0.266 e. The van der Waals surface area contributed by atoms with E-state index >= 15 is 0 Å². The number of para-hydroxylation sites is 1. The van der Waals surface area contributed by atoms with Gasteiger partial charge in [0.2, 0.25) is 5.91 Å². The highest BCUT2D eigenvalue weighted by Crippen LogP contribution is 2.28. The van der Waals surface area contributed by atoms with Crippen LogP contribution in [0.2, 0.25) is 0 Å². The molecule has 4 aromatic rings. The quantitative estimate of drug-likeness (QED) is 0.472. The van der Waals surface area contributed by atoms with Crippen LogP contribution in [0.25, 0.3) is 10.2 Å². The minimum atomic E-state index is -0.329. The third-order valence-corrected chi connectivity index (χ3v) is 6.71. The topological polar surface area (TPSA) is 84.3 Å². The molecule has 0 bridgehead atoms. The molecule has 0 spiro atoms. The first-order valence-electron chi connectivity index (χ1n) is 10.5. The number of anilines is 1. The van der Waals surface area contributed by atoms with Crippen LogP contribution in [0.15, 0.2) is 65.7 Å². The van der Waals surface area contributed by atoms with E-state index in [0.717, 1.165) is 16.8 Å². The number of likely N-dealkylation sites (N-methyl/N-ethyl adjacent to an activating group) is 1. The maximum Gasteiger partial charge on any atom is 0.266 e. The van der Waals surface area contributed by atoms with Crippen molar-refractivity contribution in [3.05, 3.63) is 92.8 Å². The summed E-state index contributed by atoms with van der Waals surface area (Å²) < 4.78 is 1.30. The SMILES string of the molecule is Cc1ccccc1NC(=O)c1sc2ncn(CC(=O)N(C)Cc3ccccc3)c(=O)c2c1C. The van der Waals surface area contributed by atoms with Crippen molar-refractivity contribution in [2.45, 2.75) is 26.9 Å². The van der Waals surface area contributed by atoms with Crippen LogP contribution in [0.1, 0.15) is 26.4 Å². The summed E-state index contributed by atoms with van der Waals surface area (Å²) in [6.45, 7) is 3.98. The normalized spacial score (nSPS) is 10.9. The Morgan fingerprint density at radius 1 is 1.06 bits per heavy atom. The number of benzene rings is 2. The van der Waals surface area contributed by atoms with Gasteiger partial charge in [0.05, 0.1) is 16.6 Å². The van der Waals surface area contributed by atoms with Gasteiger partial charge in [-0.2, -0.15) is 0 Å². The van der Waals surface area contributed by atoms with Crippen molar-refractivity contribution in [2.24, 2.45) is 0 Å². The van der Waals surface area contributed by atoms with Crippen molar-refractivity contribution in [2.75, 3.05) is 12.4 Å². The lowest BCUT2D eigenvalue weighted by molar-refractivity contribution is -0.131. The van der Waals surface area contributed by atoms with E-state index in [0.29, 0.717) is 27.2 Å². The van der Waals surface area contributed by atoms with E-state index < -0.39 is 0 Å². The molecule has 2 aromatic heterocycles. The Labute approximate surface area is 195 Å². The highest BCUT2D eigenvalue weighted by molar-refractivity contribution is 7.20. The molecule has 0 fully saturated rings. The molecule has 33 heavy (non-hydrogen) atoms. The Hall–Kier alpha value is -3.78. The van der Waals surface area contributed by atoms with Gasteiger partial charge >= 0.3 is 0 Å². The van der Waals surface area contributed by atoms with E-state index in [4.69, 9.17) is 0 Å². The molecular formula is C25H24N4O3S. The van der Waals surface area contributed by atoms with E-state index in [9.17, 15) is 14.4 Å². The predicted octanol–water partition coefficient (Wildman–Crippen LogP) is 3.99. The third kappa shape index (κ3) is 4.70. The molecule has 2 amide bonds. The van der Waals surface area contributed by atoms with E-state index in [1.807, 2.05) is 61.5 Å². The maximum absolute atomic E-state index is 13.1. The number of nitrogens with zero attached hydrogens (tertiary/aromatic N) is 3. The summed E-state index contributed by atoms with van der Waals surface area (Å²) in [5.41, 5.74) is 2.91. The van der Waals surface area contributed by atoms with Gasteiger partial charge in [0, 0.05) is 19.3 Å². The number of thiophene rings is 1. The molecule has 8 heteroatoms. The Kier molecular flexibility index (Phi) is 6.37. The lowest BCUT2D eigenvalue weighted by Crippen LogP contribution is -2.33. The lowest BCUT2D eigenvalue weighted by Gasteiger charge is -2.17.